The first-order chi connectivity index (χ1) is 23.1. The molecule has 0 spiro atoms. The van der Waals surface area contributed by atoms with E-state index in [0.717, 1.165) is 22.6 Å². The van der Waals surface area contributed by atoms with Crippen molar-refractivity contribution in [2.45, 2.75) is 27.7 Å². The molecule has 0 saturated carbocycles. The van der Waals surface area contributed by atoms with Crippen LogP contribution >= 0.6 is 0 Å². The molecule has 0 aliphatic rings. The molecule has 0 aliphatic heterocycles. The van der Waals surface area contributed by atoms with Gasteiger partial charge in [-0.05, 0) is 54.1 Å². The van der Waals surface area contributed by atoms with Crippen LogP contribution in [0.25, 0.3) is 28.2 Å². The van der Waals surface area contributed by atoms with Gasteiger partial charge in [0.15, 0.2) is 0 Å². The number of halogens is 1. The van der Waals surface area contributed by atoms with E-state index in [9.17, 15) is 4.39 Å². The van der Waals surface area contributed by atoms with E-state index >= 15 is 0 Å². The van der Waals surface area contributed by atoms with Crippen LogP contribution in [-0.4, -0.2) is 26.0 Å². The third kappa shape index (κ3) is 19.0. The summed E-state index contributed by atoms with van der Waals surface area (Å²) in [5.41, 5.74) is 6.40. The minimum atomic E-state index is -0.311. The number of carbonyl (C=O) groups is 1. The number of carbonyl (C=O) groups excluding carboxylic acids is 1. The van der Waals surface area contributed by atoms with Crippen LogP contribution in [0.4, 0.5) is 4.39 Å². The van der Waals surface area contributed by atoms with Crippen molar-refractivity contribution in [3.8, 4) is 40.3 Å². The third-order valence-corrected chi connectivity index (χ3v) is 5.54. The first-order valence-corrected chi connectivity index (χ1v) is 14.6. The van der Waals surface area contributed by atoms with E-state index in [1.54, 1.807) is 24.8 Å². The van der Waals surface area contributed by atoms with E-state index < -0.39 is 0 Å². The molecule has 12 heteroatoms. The van der Waals surface area contributed by atoms with Gasteiger partial charge in [0, 0.05) is 17.4 Å². The Morgan fingerprint density at radius 3 is 1.69 bits per heavy atom. The summed E-state index contributed by atoms with van der Waals surface area (Å²) in [5.74, 6) is -0.311. The van der Waals surface area contributed by atoms with E-state index in [1.165, 1.54) is 29.8 Å². The molecule has 2 heterocycles. The van der Waals surface area contributed by atoms with Crippen molar-refractivity contribution in [2.24, 2.45) is 0 Å². The number of imidazole rings is 2. The summed E-state index contributed by atoms with van der Waals surface area (Å²) >= 11 is 0. The molecule has 1 N–H and O–H groups in total. The van der Waals surface area contributed by atoms with Crippen molar-refractivity contribution >= 4 is 6.47 Å². The Kier molecular flexibility index (Phi) is 30.3. The average Bonchev–Trinajstić information content (AvgIpc) is 3.89. The van der Waals surface area contributed by atoms with Gasteiger partial charge in [-0.25, -0.2) is 14.4 Å². The van der Waals surface area contributed by atoms with E-state index in [1.807, 2.05) is 124 Å². The second-order valence-corrected chi connectivity index (χ2v) is 8.33. The molecule has 4 aromatic carbocycles. The molecule has 0 aliphatic carbocycles. The van der Waals surface area contributed by atoms with Crippen molar-refractivity contribution in [1.82, 2.24) is 19.5 Å². The molecular weight excluding hydrogens is 674 g/mol. The molecule has 6 rings (SSSR count). The minimum Gasteiger partial charge on any atom is -1.00 e. The number of nitriles is 2. The standard InChI is InChI=1S/C16H11N3.C9H8N2.C7H4FN.2C2H6.CH2O3.2K.H/c17-10-13-6-8-15(9-7-13)19-11-16(18-12-19)14-4-2-1-3-5-14;1-2-4-8(5-3-1)9-6-10-7-11-9;8-7-3-1-6(5-9)2-4-7;2*1-2;2-1-4-3;;;/h1-9,11-12H;1-7H,(H,10,11);1-4H;2*1-2H3;1,3H;;;/q;;;;;;2*+1;-1/p-1. The summed E-state index contributed by atoms with van der Waals surface area (Å²) in [4.78, 5) is 22.6. The van der Waals surface area contributed by atoms with Crippen LogP contribution in [0.1, 0.15) is 40.2 Å². The average molecular weight is 711 g/mol. The van der Waals surface area contributed by atoms with Crippen molar-refractivity contribution in [3.63, 3.8) is 0 Å². The van der Waals surface area contributed by atoms with E-state index in [4.69, 9.17) is 20.6 Å². The van der Waals surface area contributed by atoms with Gasteiger partial charge >= 0.3 is 103 Å². The Morgan fingerprint density at radius 1 is 0.796 bits per heavy atom. The Balaban J connectivity index is -0.000000616. The SMILES string of the molecule is CC.CC.N#Cc1ccc(-n2cnc(-c3ccccc3)c2)cc1.N#Cc1ccc(F)cc1.O=CO[O-].[H-].[K+].[K+].c1ccc(-c2cnc[nH]2)cc1. The molecule has 6 aromatic rings. The van der Waals surface area contributed by atoms with Crippen LogP contribution < -0.4 is 108 Å². The van der Waals surface area contributed by atoms with Gasteiger partial charge in [-0.1, -0.05) is 88.4 Å². The number of nitrogens with zero attached hydrogens (tertiary/aromatic N) is 5. The molecule has 242 valence electrons. The van der Waals surface area contributed by atoms with Crippen LogP contribution in [0.2, 0.25) is 0 Å². The van der Waals surface area contributed by atoms with E-state index in [2.05, 4.69) is 25.9 Å². The molecule has 0 radical (unpaired) electrons. The number of hydrogen-bond acceptors (Lipinski definition) is 7. The summed E-state index contributed by atoms with van der Waals surface area (Å²) in [7, 11) is 0. The van der Waals surface area contributed by atoms with Gasteiger partial charge < -0.3 is 21.1 Å². The molecule has 0 unspecified atom stereocenters. The van der Waals surface area contributed by atoms with Crippen LogP contribution in [-0.2, 0) is 9.68 Å². The summed E-state index contributed by atoms with van der Waals surface area (Å²) in [5, 5.41) is 25.5. The maximum Gasteiger partial charge on any atom is 1.00 e. The van der Waals surface area contributed by atoms with Crippen molar-refractivity contribution in [3.05, 3.63) is 151 Å². The third-order valence-electron chi connectivity index (χ3n) is 5.54. The molecule has 0 fully saturated rings. The zero-order valence-electron chi connectivity index (χ0n) is 29.6. The van der Waals surface area contributed by atoms with Crippen molar-refractivity contribution in [2.75, 3.05) is 0 Å². The van der Waals surface area contributed by atoms with E-state index in [0.29, 0.717) is 11.1 Å². The van der Waals surface area contributed by atoms with Gasteiger partial charge in [-0.3, -0.25) is 4.79 Å². The summed E-state index contributed by atoms with van der Waals surface area (Å²) < 4.78 is 14.1. The molecule has 2 aromatic heterocycles. The number of aromatic amines is 1. The number of rotatable bonds is 4. The number of aromatic nitrogens is 4. The molecule has 0 atom stereocenters. The monoisotopic (exact) mass is 710 g/mol. The van der Waals surface area contributed by atoms with Crippen LogP contribution in [0.15, 0.2) is 134 Å². The molecular formula is C37H37FK2N6O3. The van der Waals surface area contributed by atoms with Crippen molar-refractivity contribution < 1.29 is 124 Å². The second kappa shape index (κ2) is 30.9. The predicted molar refractivity (Wildman–Crippen MR) is 180 cm³/mol. The van der Waals surface area contributed by atoms with Crippen LogP contribution in [0.3, 0.4) is 0 Å². The Hall–Kier alpha value is -3.09. The van der Waals surface area contributed by atoms with Gasteiger partial charge in [0.25, 0.3) is 6.47 Å². The second-order valence-electron chi connectivity index (χ2n) is 8.33. The molecule has 0 saturated heterocycles. The predicted octanol–water partition coefficient (Wildman–Crippen LogP) is 1.79. The number of nitrogens with one attached hydrogen (secondary N) is 1. The normalized spacial score (nSPS) is 8.33. The topological polar surface area (TPSA) is 143 Å². The largest absolute Gasteiger partial charge is 1.00 e. The van der Waals surface area contributed by atoms with Crippen LogP contribution in [0, 0.1) is 28.5 Å². The molecule has 0 amide bonds. The Morgan fingerprint density at radius 2 is 1.27 bits per heavy atom. The fourth-order valence-electron chi connectivity index (χ4n) is 3.49. The van der Waals surface area contributed by atoms with Crippen molar-refractivity contribution in [1.29, 1.82) is 10.5 Å². The van der Waals surface area contributed by atoms with Gasteiger partial charge in [-0.15, -0.1) is 0 Å². The van der Waals surface area contributed by atoms with E-state index in [-0.39, 0.29) is 116 Å². The molecule has 9 nitrogen and oxygen atoms in total. The van der Waals surface area contributed by atoms with Gasteiger partial charge in [0.2, 0.25) is 0 Å². The van der Waals surface area contributed by atoms with Crippen LogP contribution in [0.5, 0.6) is 0 Å². The number of H-pyrrole nitrogens is 1. The van der Waals surface area contributed by atoms with Gasteiger partial charge in [0.05, 0.1) is 53.5 Å². The number of benzene rings is 4. The summed E-state index contributed by atoms with van der Waals surface area (Å²) in [6, 6.07) is 37.0. The molecule has 0 bridgehead atoms. The summed E-state index contributed by atoms with van der Waals surface area (Å²) in [6.45, 7) is 7.82. The maximum atomic E-state index is 12.1. The Bertz CT molecular complexity index is 1750. The fourth-order valence-corrected chi connectivity index (χ4v) is 3.49. The minimum absolute atomic E-state index is 0. The van der Waals surface area contributed by atoms with Gasteiger partial charge in [0.1, 0.15) is 5.82 Å². The summed E-state index contributed by atoms with van der Waals surface area (Å²) in [6.07, 6.45) is 7.26. The smallest absolute Gasteiger partial charge is 1.00 e. The quantitative estimate of drug-likeness (QED) is 0.127. The first-order valence-electron chi connectivity index (χ1n) is 14.6. The zero-order chi connectivity index (χ0) is 34.7. The number of hydrogen-bond donors (Lipinski definition) is 1. The Labute approximate surface area is 374 Å². The first kappa shape index (κ1) is 48.0. The molecule has 49 heavy (non-hydrogen) atoms. The maximum absolute atomic E-state index is 12.1. The zero-order valence-corrected chi connectivity index (χ0v) is 34.9. The van der Waals surface area contributed by atoms with Gasteiger partial charge in [-0.2, -0.15) is 10.5 Å². The fraction of sp³-hybridized carbons (Fsp3) is 0.108.